The van der Waals surface area contributed by atoms with Gasteiger partial charge in [0, 0.05) is 7.35 Å². The summed E-state index contributed by atoms with van der Waals surface area (Å²) in [5.41, 5.74) is 3.88. The molecule has 5 aliphatic rings. The molecule has 9 atom stereocenters. The van der Waals surface area contributed by atoms with E-state index in [4.69, 9.17) is 0 Å². The van der Waals surface area contributed by atoms with Gasteiger partial charge in [-0.3, -0.25) is 0 Å². The Balaban J connectivity index is 1.30. The Bertz CT molecular complexity index is 720. The molecular formula is C26H42I2. The highest BCUT2D eigenvalue weighted by molar-refractivity contribution is 14.1. The van der Waals surface area contributed by atoms with Crippen LogP contribution in [0.2, 0.25) is 0 Å². The molecule has 5 aliphatic carbocycles. The third kappa shape index (κ3) is 2.07. The second kappa shape index (κ2) is 5.50. The highest BCUT2D eigenvalue weighted by Gasteiger charge is 2.84. The van der Waals surface area contributed by atoms with Crippen molar-refractivity contribution in [2.75, 3.05) is 0 Å². The van der Waals surface area contributed by atoms with Crippen molar-refractivity contribution in [1.29, 1.82) is 0 Å². The lowest BCUT2D eigenvalue weighted by atomic mass is 9.15. The van der Waals surface area contributed by atoms with E-state index in [1.54, 1.807) is 12.8 Å². The molecule has 5 rings (SSSR count). The van der Waals surface area contributed by atoms with Gasteiger partial charge in [0.05, 0.1) is 0 Å². The molecule has 5 fully saturated rings. The van der Waals surface area contributed by atoms with Gasteiger partial charge in [-0.15, -0.1) is 0 Å². The lowest BCUT2D eigenvalue weighted by molar-refractivity contribution is -0.405. The van der Waals surface area contributed by atoms with Crippen LogP contribution in [0.1, 0.15) is 100 Å². The summed E-state index contributed by atoms with van der Waals surface area (Å²) >= 11 is 5.56. The summed E-state index contributed by atoms with van der Waals surface area (Å²) in [4.78, 5) is 0. The molecule has 2 heteroatoms. The standard InChI is InChI=1S/C26H42I2/c1-16(19(27)20(4)11-22(6,28)12-20)23(7)14-25(17(23)2)15-26(18(25)3)13-21(5)9-10-24(21,26)8/h16-19H,9-15H2,1-8H3/t16?,17?,18?,19?,20?,21?,22?,23-,24?,25-,26?/m1/s1. The third-order valence-corrected chi connectivity index (χ3v) is 16.2. The van der Waals surface area contributed by atoms with Crippen LogP contribution in [-0.4, -0.2) is 7.35 Å². The van der Waals surface area contributed by atoms with Crippen LogP contribution in [0, 0.1) is 50.2 Å². The van der Waals surface area contributed by atoms with Gasteiger partial charge < -0.3 is 0 Å². The Labute approximate surface area is 201 Å². The minimum absolute atomic E-state index is 0.549. The van der Waals surface area contributed by atoms with E-state index in [-0.39, 0.29) is 0 Å². The molecule has 28 heavy (non-hydrogen) atoms. The Hall–Kier alpha value is 1.46. The van der Waals surface area contributed by atoms with E-state index >= 15 is 0 Å². The maximum atomic E-state index is 2.86. The van der Waals surface area contributed by atoms with E-state index in [0.29, 0.717) is 35.9 Å². The summed E-state index contributed by atoms with van der Waals surface area (Å²) in [6.07, 6.45) is 10.4. The lowest BCUT2D eigenvalue weighted by Crippen LogP contribution is -2.82. The highest BCUT2D eigenvalue weighted by Crippen LogP contribution is 2.92. The summed E-state index contributed by atoms with van der Waals surface area (Å²) in [6.45, 7) is 20.9. The summed E-state index contributed by atoms with van der Waals surface area (Å²) in [5.74, 6) is 2.69. The van der Waals surface area contributed by atoms with E-state index in [9.17, 15) is 0 Å². The van der Waals surface area contributed by atoms with E-state index in [1.807, 2.05) is 0 Å². The first-order valence-electron chi connectivity index (χ1n) is 11.9. The first-order chi connectivity index (χ1) is 12.6. The Morgan fingerprint density at radius 1 is 0.821 bits per heavy atom. The monoisotopic (exact) mass is 608 g/mol. The van der Waals surface area contributed by atoms with Crippen LogP contribution in [0.4, 0.5) is 0 Å². The maximum absolute atomic E-state index is 2.86. The van der Waals surface area contributed by atoms with E-state index in [2.05, 4.69) is 101 Å². The van der Waals surface area contributed by atoms with Crippen molar-refractivity contribution in [2.45, 2.75) is 108 Å². The summed E-state index contributed by atoms with van der Waals surface area (Å²) in [7, 11) is 0. The van der Waals surface area contributed by atoms with Gasteiger partial charge in [0.25, 0.3) is 0 Å². The first-order valence-corrected chi connectivity index (χ1v) is 14.3. The predicted molar refractivity (Wildman–Crippen MR) is 137 cm³/mol. The molecule has 0 bridgehead atoms. The number of hydrogen-bond donors (Lipinski definition) is 0. The van der Waals surface area contributed by atoms with Gasteiger partial charge in [0.2, 0.25) is 0 Å². The normalized spacial score (nSPS) is 66.6. The van der Waals surface area contributed by atoms with Gasteiger partial charge >= 0.3 is 0 Å². The SMILES string of the molecule is CC(C(I)C1(C)CC(C)(I)C1)[C@@]1(C)C[C@@]2(CC3(CC4(C)CCC43C)C2C)C1C. The van der Waals surface area contributed by atoms with Gasteiger partial charge in [-0.25, -0.2) is 0 Å². The van der Waals surface area contributed by atoms with Crippen LogP contribution in [0.3, 0.4) is 0 Å². The van der Waals surface area contributed by atoms with Crippen molar-refractivity contribution in [1.82, 2.24) is 0 Å². The largest absolute Gasteiger partial charge is 0.0817 e. The summed E-state index contributed by atoms with van der Waals surface area (Å²) in [5, 5.41) is 0. The average Bonchev–Trinajstić information content (AvgIpc) is 2.60. The molecular weight excluding hydrogens is 566 g/mol. The molecule has 0 radical (unpaired) electrons. The van der Waals surface area contributed by atoms with E-state index in [0.717, 1.165) is 21.7 Å². The van der Waals surface area contributed by atoms with Gasteiger partial charge in [-0.1, -0.05) is 101 Å². The fourth-order valence-electron chi connectivity index (χ4n) is 10.7. The molecule has 0 aromatic heterocycles. The third-order valence-electron chi connectivity index (χ3n) is 12.9. The van der Waals surface area contributed by atoms with Crippen molar-refractivity contribution in [3.63, 3.8) is 0 Å². The molecule has 160 valence electrons. The summed E-state index contributed by atoms with van der Waals surface area (Å²) < 4.78 is 1.37. The molecule has 5 saturated carbocycles. The minimum Gasteiger partial charge on any atom is -0.0817 e. The van der Waals surface area contributed by atoms with Crippen LogP contribution >= 0.6 is 45.2 Å². The van der Waals surface area contributed by atoms with Crippen molar-refractivity contribution >= 4 is 45.2 Å². The van der Waals surface area contributed by atoms with Crippen LogP contribution in [0.5, 0.6) is 0 Å². The highest BCUT2D eigenvalue weighted by atomic mass is 127. The van der Waals surface area contributed by atoms with E-state index < -0.39 is 0 Å². The fraction of sp³-hybridized carbons (Fsp3) is 1.00. The quantitative estimate of drug-likeness (QED) is 0.222. The second-order valence-corrected chi connectivity index (χ2v) is 17.8. The zero-order valence-electron chi connectivity index (χ0n) is 19.5. The molecule has 0 saturated heterocycles. The Morgan fingerprint density at radius 2 is 1.43 bits per heavy atom. The molecule has 0 aromatic rings. The van der Waals surface area contributed by atoms with E-state index in [1.165, 1.54) is 32.1 Å². The van der Waals surface area contributed by atoms with Gasteiger partial charge in [-0.05, 0) is 95.2 Å². The smallest absolute Gasteiger partial charge is 0.0205 e. The van der Waals surface area contributed by atoms with Crippen LogP contribution in [0.25, 0.3) is 0 Å². The van der Waals surface area contributed by atoms with Crippen molar-refractivity contribution in [2.24, 2.45) is 50.2 Å². The van der Waals surface area contributed by atoms with Crippen LogP contribution < -0.4 is 0 Å². The van der Waals surface area contributed by atoms with Crippen LogP contribution in [0.15, 0.2) is 0 Å². The Morgan fingerprint density at radius 3 is 1.79 bits per heavy atom. The minimum atomic E-state index is 0.549. The molecule has 7 unspecified atom stereocenters. The van der Waals surface area contributed by atoms with Gasteiger partial charge in [0.1, 0.15) is 0 Å². The lowest BCUT2D eigenvalue weighted by Gasteiger charge is -2.89. The predicted octanol–water partition coefficient (Wildman–Crippen LogP) is 8.69. The zero-order valence-corrected chi connectivity index (χ0v) is 23.8. The molecule has 0 nitrogen and oxygen atoms in total. The Kier molecular flexibility index (Phi) is 4.19. The fourth-order valence-corrected chi connectivity index (χ4v) is 13.7. The van der Waals surface area contributed by atoms with Gasteiger partial charge in [-0.2, -0.15) is 0 Å². The number of fused-ring (bicyclic) bond motifs is 2. The topological polar surface area (TPSA) is 0 Å². The first kappa shape index (κ1) is 21.3. The molecule has 0 heterocycles. The van der Waals surface area contributed by atoms with Gasteiger partial charge in [0.15, 0.2) is 0 Å². The second-order valence-electron chi connectivity index (χ2n) is 13.9. The maximum Gasteiger partial charge on any atom is 0.0205 e. The van der Waals surface area contributed by atoms with Crippen molar-refractivity contribution in [3.8, 4) is 0 Å². The van der Waals surface area contributed by atoms with Crippen molar-refractivity contribution in [3.05, 3.63) is 0 Å². The van der Waals surface area contributed by atoms with Crippen molar-refractivity contribution < 1.29 is 0 Å². The molecule has 0 amide bonds. The number of rotatable bonds is 3. The molecule has 0 N–H and O–H groups in total. The zero-order chi connectivity index (χ0) is 20.8. The molecule has 0 aliphatic heterocycles. The molecule has 2 spiro atoms. The molecule has 0 aromatic carbocycles. The van der Waals surface area contributed by atoms with Crippen LogP contribution in [-0.2, 0) is 0 Å². The average molecular weight is 608 g/mol. The number of alkyl halides is 2. The number of halogens is 2. The number of hydrogen-bond acceptors (Lipinski definition) is 0. The summed E-state index contributed by atoms with van der Waals surface area (Å²) in [6, 6.07) is 0.